The van der Waals surface area contributed by atoms with E-state index in [1.54, 1.807) is 0 Å². The fourth-order valence-electron chi connectivity index (χ4n) is 1.07. The molecule has 0 aliphatic rings. The Morgan fingerprint density at radius 2 is 1.93 bits per heavy atom. The first-order valence-electron chi connectivity index (χ1n) is 4.97. The lowest BCUT2D eigenvalue weighted by molar-refractivity contribution is -0.145. The van der Waals surface area contributed by atoms with Gasteiger partial charge in [-0.05, 0) is 21.5 Å². The fraction of sp³-hybridized carbons (Fsp3) is 0.417. The van der Waals surface area contributed by atoms with Crippen LogP contribution in [0.15, 0.2) is 30.3 Å². The molecule has 0 N–H and O–H groups in total. The number of alkyl halides is 1. The van der Waals surface area contributed by atoms with Crippen LogP contribution < -0.4 is 0 Å². The van der Waals surface area contributed by atoms with E-state index in [9.17, 15) is 4.79 Å². The Kier molecular flexibility index (Phi) is 4.82. The highest BCUT2D eigenvalue weighted by molar-refractivity contribution is 9.09. The van der Waals surface area contributed by atoms with E-state index in [2.05, 4.69) is 15.9 Å². The van der Waals surface area contributed by atoms with E-state index < -0.39 is 0 Å². The van der Waals surface area contributed by atoms with Gasteiger partial charge in [-0.2, -0.15) is 0 Å². The molecule has 15 heavy (non-hydrogen) atoms. The largest absolute Gasteiger partial charge is 0.450 e. The van der Waals surface area contributed by atoms with Gasteiger partial charge in [-0.1, -0.05) is 44.2 Å². The SMILES string of the molecule is CC(C)C(Br)OC(=O)Cc1ccccc1. The quantitative estimate of drug-likeness (QED) is 0.621. The predicted molar refractivity (Wildman–Crippen MR) is 63.8 cm³/mol. The zero-order valence-electron chi connectivity index (χ0n) is 8.94. The summed E-state index contributed by atoms with van der Waals surface area (Å²) < 4.78 is 5.19. The highest BCUT2D eigenvalue weighted by Gasteiger charge is 2.14. The highest BCUT2D eigenvalue weighted by Crippen LogP contribution is 2.14. The van der Waals surface area contributed by atoms with E-state index in [1.165, 1.54) is 0 Å². The first kappa shape index (κ1) is 12.2. The van der Waals surface area contributed by atoms with Crippen molar-refractivity contribution < 1.29 is 9.53 Å². The van der Waals surface area contributed by atoms with Gasteiger partial charge in [0.25, 0.3) is 0 Å². The summed E-state index contributed by atoms with van der Waals surface area (Å²) in [5.74, 6) is 0.0847. The number of esters is 1. The topological polar surface area (TPSA) is 26.3 Å². The van der Waals surface area contributed by atoms with Crippen molar-refractivity contribution in [3.63, 3.8) is 0 Å². The van der Waals surface area contributed by atoms with Crippen LogP contribution in [0.25, 0.3) is 0 Å². The van der Waals surface area contributed by atoms with E-state index >= 15 is 0 Å². The summed E-state index contributed by atoms with van der Waals surface area (Å²) in [6.45, 7) is 3.99. The lowest BCUT2D eigenvalue weighted by atomic mass is 10.1. The molecule has 0 radical (unpaired) electrons. The molecule has 0 aromatic heterocycles. The van der Waals surface area contributed by atoms with Crippen LogP contribution in [0.1, 0.15) is 19.4 Å². The molecule has 0 aliphatic carbocycles. The monoisotopic (exact) mass is 270 g/mol. The molecule has 0 spiro atoms. The lowest BCUT2D eigenvalue weighted by Gasteiger charge is -2.14. The predicted octanol–water partition coefficient (Wildman–Crippen LogP) is 3.15. The Balaban J connectivity index is 2.43. The molecule has 2 nitrogen and oxygen atoms in total. The molecule has 1 unspecified atom stereocenters. The Hall–Kier alpha value is -0.830. The number of hydrogen-bond donors (Lipinski definition) is 0. The van der Waals surface area contributed by atoms with Crippen molar-refractivity contribution in [3.05, 3.63) is 35.9 Å². The molecular weight excluding hydrogens is 256 g/mol. The lowest BCUT2D eigenvalue weighted by Crippen LogP contribution is -2.18. The van der Waals surface area contributed by atoms with Crippen molar-refractivity contribution in [1.82, 2.24) is 0 Å². The van der Waals surface area contributed by atoms with E-state index in [4.69, 9.17) is 4.74 Å². The number of rotatable bonds is 4. The number of ether oxygens (including phenoxy) is 1. The molecule has 1 atom stereocenters. The average Bonchev–Trinajstić information content (AvgIpc) is 2.18. The van der Waals surface area contributed by atoms with Crippen molar-refractivity contribution >= 4 is 21.9 Å². The van der Waals surface area contributed by atoms with Gasteiger partial charge in [0.2, 0.25) is 0 Å². The molecule has 1 rings (SSSR count). The Morgan fingerprint density at radius 1 is 1.33 bits per heavy atom. The second-order valence-electron chi connectivity index (χ2n) is 3.75. The molecule has 0 heterocycles. The van der Waals surface area contributed by atoms with Gasteiger partial charge in [0.05, 0.1) is 6.42 Å². The third-order valence-electron chi connectivity index (χ3n) is 1.96. The van der Waals surface area contributed by atoms with Crippen molar-refractivity contribution in [3.8, 4) is 0 Å². The Morgan fingerprint density at radius 3 is 2.47 bits per heavy atom. The van der Waals surface area contributed by atoms with Crippen LogP contribution in [0.2, 0.25) is 0 Å². The van der Waals surface area contributed by atoms with Gasteiger partial charge in [-0.25, -0.2) is 0 Å². The van der Waals surface area contributed by atoms with Gasteiger partial charge in [-0.3, -0.25) is 4.79 Å². The van der Waals surface area contributed by atoms with Crippen molar-refractivity contribution in [2.75, 3.05) is 0 Å². The number of hydrogen-bond acceptors (Lipinski definition) is 2. The first-order valence-corrected chi connectivity index (χ1v) is 5.88. The zero-order valence-corrected chi connectivity index (χ0v) is 10.5. The van der Waals surface area contributed by atoms with Crippen molar-refractivity contribution in [1.29, 1.82) is 0 Å². The molecule has 0 saturated heterocycles. The molecule has 1 aromatic rings. The number of halogens is 1. The molecule has 0 aliphatic heterocycles. The Labute approximate surface area is 98.8 Å². The standard InChI is InChI=1S/C12H15BrO2/c1-9(2)12(13)15-11(14)8-10-6-4-3-5-7-10/h3-7,9,12H,8H2,1-2H3. The van der Waals surface area contributed by atoms with Crippen LogP contribution in [0.3, 0.4) is 0 Å². The maximum absolute atomic E-state index is 11.5. The third-order valence-corrected chi connectivity index (χ3v) is 3.20. The number of benzene rings is 1. The van der Waals surface area contributed by atoms with Crippen LogP contribution in [-0.2, 0) is 16.0 Å². The van der Waals surface area contributed by atoms with Gasteiger partial charge in [0, 0.05) is 5.92 Å². The van der Waals surface area contributed by atoms with Crippen molar-refractivity contribution in [2.24, 2.45) is 5.92 Å². The Bertz CT molecular complexity index is 309. The molecule has 82 valence electrons. The average molecular weight is 271 g/mol. The minimum absolute atomic E-state index is 0.197. The molecular formula is C12H15BrO2. The van der Waals surface area contributed by atoms with Crippen LogP contribution in [-0.4, -0.2) is 11.0 Å². The van der Waals surface area contributed by atoms with E-state index in [1.807, 2.05) is 44.2 Å². The summed E-state index contributed by atoms with van der Waals surface area (Å²) in [6.07, 6.45) is 0.329. The summed E-state index contributed by atoms with van der Waals surface area (Å²) in [4.78, 5) is 11.5. The molecule has 1 aromatic carbocycles. The molecule has 0 saturated carbocycles. The van der Waals surface area contributed by atoms with Crippen LogP contribution in [0.5, 0.6) is 0 Å². The minimum atomic E-state index is -0.200. The highest BCUT2D eigenvalue weighted by atomic mass is 79.9. The van der Waals surface area contributed by atoms with Gasteiger partial charge >= 0.3 is 5.97 Å². The third kappa shape index (κ3) is 4.47. The number of carbonyl (C=O) groups excluding carboxylic acids is 1. The van der Waals surface area contributed by atoms with Crippen LogP contribution >= 0.6 is 15.9 Å². The normalized spacial score (nSPS) is 12.5. The summed E-state index contributed by atoms with van der Waals surface area (Å²) >= 11 is 3.31. The first-order chi connectivity index (χ1) is 7.09. The smallest absolute Gasteiger partial charge is 0.311 e. The fourth-order valence-corrected chi connectivity index (χ4v) is 1.27. The molecule has 0 bridgehead atoms. The van der Waals surface area contributed by atoms with Crippen molar-refractivity contribution in [2.45, 2.75) is 25.3 Å². The van der Waals surface area contributed by atoms with Crippen LogP contribution in [0, 0.1) is 5.92 Å². The molecule has 0 fully saturated rings. The summed E-state index contributed by atoms with van der Waals surface area (Å²) in [5.41, 5.74) is 0.978. The van der Waals surface area contributed by atoms with Gasteiger partial charge in [-0.15, -0.1) is 0 Å². The van der Waals surface area contributed by atoms with Gasteiger partial charge < -0.3 is 4.74 Å². The summed E-state index contributed by atoms with van der Waals surface area (Å²) in [5, 5.41) is -0.200. The molecule has 3 heteroatoms. The second-order valence-corrected chi connectivity index (χ2v) is 4.65. The number of carbonyl (C=O) groups is 1. The second kappa shape index (κ2) is 5.91. The maximum atomic E-state index is 11.5. The van der Waals surface area contributed by atoms with E-state index in [0.717, 1.165) is 5.56 Å². The zero-order chi connectivity index (χ0) is 11.3. The van der Waals surface area contributed by atoms with Crippen LogP contribution in [0.4, 0.5) is 0 Å². The van der Waals surface area contributed by atoms with Gasteiger partial charge in [0.15, 0.2) is 5.01 Å². The van der Waals surface area contributed by atoms with Gasteiger partial charge in [0.1, 0.15) is 0 Å². The minimum Gasteiger partial charge on any atom is -0.450 e. The van der Waals surface area contributed by atoms with E-state index in [-0.39, 0.29) is 16.9 Å². The summed E-state index contributed by atoms with van der Waals surface area (Å²) in [6, 6.07) is 9.59. The summed E-state index contributed by atoms with van der Waals surface area (Å²) in [7, 11) is 0. The van der Waals surface area contributed by atoms with E-state index in [0.29, 0.717) is 6.42 Å². The maximum Gasteiger partial charge on any atom is 0.311 e. The molecule has 0 amide bonds.